The normalized spacial score (nSPS) is 13.1. The summed E-state index contributed by atoms with van der Waals surface area (Å²) in [6, 6.07) is 3.85. The van der Waals surface area contributed by atoms with Gasteiger partial charge >= 0.3 is 6.09 Å². The topological polar surface area (TPSA) is 108 Å². The summed E-state index contributed by atoms with van der Waals surface area (Å²) in [4.78, 5) is 40.9. The van der Waals surface area contributed by atoms with Crippen LogP contribution in [0.5, 0.6) is 5.75 Å². The lowest BCUT2D eigenvalue weighted by molar-refractivity contribution is -0.142. The van der Waals surface area contributed by atoms with Crippen molar-refractivity contribution in [2.24, 2.45) is 5.92 Å². The van der Waals surface area contributed by atoms with Gasteiger partial charge in [-0.3, -0.25) is 9.59 Å². The third kappa shape index (κ3) is 10.5. The van der Waals surface area contributed by atoms with Crippen LogP contribution in [0.15, 0.2) is 18.2 Å². The van der Waals surface area contributed by atoms with Crippen molar-refractivity contribution in [1.29, 1.82) is 0 Å². The van der Waals surface area contributed by atoms with Gasteiger partial charge in [-0.25, -0.2) is 4.79 Å². The Morgan fingerprint density at radius 3 is 2.31 bits per heavy atom. The molecule has 36 heavy (non-hydrogen) atoms. The number of ether oxygens (including phenoxy) is 1. The molecule has 1 aromatic carbocycles. The molecule has 0 fully saturated rings. The van der Waals surface area contributed by atoms with Crippen LogP contribution in [0.1, 0.15) is 97.7 Å². The van der Waals surface area contributed by atoms with Crippen molar-refractivity contribution in [3.05, 3.63) is 29.3 Å². The maximum absolute atomic E-state index is 13.6. The Labute approximate surface area is 217 Å². The number of benzene rings is 1. The molecule has 0 saturated carbocycles. The van der Waals surface area contributed by atoms with E-state index in [0.717, 1.165) is 25.7 Å². The Morgan fingerprint density at radius 1 is 1.06 bits per heavy atom. The van der Waals surface area contributed by atoms with Crippen LogP contribution in [0, 0.1) is 12.8 Å². The number of unbranched alkanes of at least 4 members (excludes halogenated alkanes) is 2. The van der Waals surface area contributed by atoms with E-state index in [9.17, 15) is 19.5 Å². The predicted octanol–water partition coefficient (Wildman–Crippen LogP) is 5.23. The molecule has 2 unspecified atom stereocenters. The second kappa shape index (κ2) is 14.7. The molecule has 0 aliphatic rings. The first kappa shape index (κ1) is 31.3. The highest BCUT2D eigenvalue weighted by Crippen LogP contribution is 2.34. The van der Waals surface area contributed by atoms with E-state index in [1.807, 2.05) is 6.92 Å². The molecule has 8 nitrogen and oxygen atoms in total. The van der Waals surface area contributed by atoms with Gasteiger partial charge in [-0.05, 0) is 65.4 Å². The average Bonchev–Trinajstić information content (AvgIpc) is 2.78. The monoisotopic (exact) mass is 505 g/mol. The third-order valence-corrected chi connectivity index (χ3v) is 5.88. The number of carbonyl (C=O) groups is 3. The second-order valence-electron chi connectivity index (χ2n) is 10.9. The molecule has 8 heteroatoms. The lowest BCUT2D eigenvalue weighted by Crippen LogP contribution is -2.51. The molecular formula is C28H47N3O5. The van der Waals surface area contributed by atoms with Gasteiger partial charge in [0.05, 0.1) is 0 Å². The zero-order valence-electron chi connectivity index (χ0n) is 23.4. The first-order chi connectivity index (χ1) is 16.8. The number of para-hydroxylation sites is 1. The predicted molar refractivity (Wildman–Crippen MR) is 143 cm³/mol. The molecule has 204 valence electrons. The van der Waals surface area contributed by atoms with Gasteiger partial charge in [-0.2, -0.15) is 0 Å². The average molecular weight is 506 g/mol. The van der Waals surface area contributed by atoms with E-state index in [4.69, 9.17) is 4.74 Å². The minimum Gasteiger partial charge on any atom is -0.507 e. The number of alkyl carbamates (subject to hydrolysis) is 1. The molecule has 3 amide bonds. The second-order valence-corrected chi connectivity index (χ2v) is 10.9. The number of nitrogens with one attached hydrogen (secondary N) is 2. The van der Waals surface area contributed by atoms with Crippen LogP contribution in [0.4, 0.5) is 4.79 Å². The van der Waals surface area contributed by atoms with Crippen molar-refractivity contribution in [3.8, 4) is 5.75 Å². The molecule has 0 aliphatic carbocycles. The lowest BCUT2D eigenvalue weighted by atomic mass is 9.96. The van der Waals surface area contributed by atoms with Gasteiger partial charge in [0.1, 0.15) is 23.9 Å². The van der Waals surface area contributed by atoms with Crippen LogP contribution in [0.25, 0.3) is 0 Å². The Morgan fingerprint density at radius 2 is 1.72 bits per heavy atom. The standard InChI is InChI=1S/C28H47N3O5/c1-9-10-11-17-29-26(34)24(22-14-12-13-20(4)25(22)33)31(21(5)16-15-19(2)3)23(32)18-30-27(35)36-28(6,7)8/h12-14,19,21,24,33H,9-11,15-18H2,1-8H3,(H,29,34)(H,30,35). The molecule has 0 heterocycles. The van der Waals surface area contributed by atoms with E-state index >= 15 is 0 Å². The summed E-state index contributed by atoms with van der Waals surface area (Å²) < 4.78 is 5.27. The van der Waals surface area contributed by atoms with E-state index in [2.05, 4.69) is 31.4 Å². The van der Waals surface area contributed by atoms with Gasteiger partial charge in [0.15, 0.2) is 0 Å². The zero-order valence-corrected chi connectivity index (χ0v) is 23.4. The largest absolute Gasteiger partial charge is 0.507 e. The van der Waals surface area contributed by atoms with Crippen LogP contribution in [0.2, 0.25) is 0 Å². The minimum absolute atomic E-state index is 0.0137. The summed E-state index contributed by atoms with van der Waals surface area (Å²) in [7, 11) is 0. The number of rotatable bonds is 13. The quantitative estimate of drug-likeness (QED) is 0.318. The van der Waals surface area contributed by atoms with E-state index in [1.54, 1.807) is 45.9 Å². The number of hydrogen-bond acceptors (Lipinski definition) is 5. The van der Waals surface area contributed by atoms with Crippen LogP contribution in [-0.4, -0.2) is 52.6 Å². The molecule has 1 aromatic rings. The van der Waals surface area contributed by atoms with E-state index < -0.39 is 23.6 Å². The highest BCUT2D eigenvalue weighted by atomic mass is 16.6. The SMILES string of the molecule is CCCCCNC(=O)C(c1cccc(C)c1O)N(C(=O)CNC(=O)OC(C)(C)C)C(C)CCC(C)C. The Balaban J connectivity index is 3.36. The Bertz CT molecular complexity index is 863. The Hall–Kier alpha value is -2.77. The van der Waals surface area contributed by atoms with Crippen LogP contribution in [-0.2, 0) is 14.3 Å². The summed E-state index contributed by atoms with van der Waals surface area (Å²) in [5.74, 6) is -0.376. The highest BCUT2D eigenvalue weighted by Gasteiger charge is 2.36. The first-order valence-electron chi connectivity index (χ1n) is 13.1. The Kier molecular flexibility index (Phi) is 12.8. The van der Waals surface area contributed by atoms with Crippen molar-refractivity contribution in [3.63, 3.8) is 0 Å². The fourth-order valence-electron chi connectivity index (χ4n) is 3.91. The number of carbonyl (C=O) groups excluding carboxylic acids is 3. The zero-order chi connectivity index (χ0) is 27.5. The van der Waals surface area contributed by atoms with Crippen LogP contribution < -0.4 is 10.6 Å². The van der Waals surface area contributed by atoms with Crippen molar-refractivity contribution >= 4 is 17.9 Å². The minimum atomic E-state index is -1.04. The maximum atomic E-state index is 13.6. The smallest absolute Gasteiger partial charge is 0.408 e. The molecule has 2 atom stereocenters. The molecule has 0 bridgehead atoms. The first-order valence-corrected chi connectivity index (χ1v) is 13.1. The number of phenols is 1. The van der Waals surface area contributed by atoms with Gasteiger partial charge in [-0.15, -0.1) is 0 Å². The number of amides is 3. The summed E-state index contributed by atoms with van der Waals surface area (Å²) >= 11 is 0. The summed E-state index contributed by atoms with van der Waals surface area (Å²) in [5, 5.41) is 16.4. The number of aromatic hydroxyl groups is 1. The van der Waals surface area contributed by atoms with Crippen molar-refractivity contribution in [2.75, 3.05) is 13.1 Å². The summed E-state index contributed by atoms with van der Waals surface area (Å²) in [6.45, 7) is 15.3. The fourth-order valence-corrected chi connectivity index (χ4v) is 3.91. The molecule has 3 N–H and O–H groups in total. The van der Waals surface area contributed by atoms with E-state index in [-0.39, 0.29) is 24.2 Å². The van der Waals surface area contributed by atoms with Crippen molar-refractivity contribution in [2.45, 2.75) is 105 Å². The van der Waals surface area contributed by atoms with E-state index in [1.165, 1.54) is 4.90 Å². The molecule has 1 rings (SSSR count). The van der Waals surface area contributed by atoms with Gasteiger partial charge < -0.3 is 25.4 Å². The number of hydrogen-bond donors (Lipinski definition) is 3. The lowest BCUT2D eigenvalue weighted by Gasteiger charge is -2.37. The van der Waals surface area contributed by atoms with Crippen LogP contribution in [0.3, 0.4) is 0 Å². The summed E-state index contributed by atoms with van der Waals surface area (Å²) in [6.07, 6.45) is 3.65. The molecule has 0 radical (unpaired) electrons. The molecular weight excluding hydrogens is 458 g/mol. The van der Waals surface area contributed by atoms with E-state index in [0.29, 0.717) is 30.0 Å². The van der Waals surface area contributed by atoms with Gasteiger partial charge in [0, 0.05) is 18.2 Å². The molecule has 0 aromatic heterocycles. The number of nitrogens with zero attached hydrogens (tertiary/aromatic N) is 1. The van der Waals surface area contributed by atoms with Crippen molar-refractivity contribution in [1.82, 2.24) is 15.5 Å². The highest BCUT2D eigenvalue weighted by molar-refractivity contribution is 5.91. The fraction of sp³-hybridized carbons (Fsp3) is 0.679. The number of aryl methyl sites for hydroxylation is 1. The molecule has 0 spiro atoms. The molecule has 0 aliphatic heterocycles. The van der Waals surface area contributed by atoms with Gasteiger partial charge in [-0.1, -0.05) is 51.8 Å². The van der Waals surface area contributed by atoms with Crippen LogP contribution >= 0.6 is 0 Å². The number of phenolic OH excluding ortho intramolecular Hbond substituents is 1. The van der Waals surface area contributed by atoms with Gasteiger partial charge in [0.2, 0.25) is 11.8 Å². The molecule has 0 saturated heterocycles. The van der Waals surface area contributed by atoms with Crippen molar-refractivity contribution < 1.29 is 24.2 Å². The third-order valence-electron chi connectivity index (χ3n) is 5.88. The summed E-state index contributed by atoms with van der Waals surface area (Å²) in [5.41, 5.74) is 0.279. The van der Waals surface area contributed by atoms with Gasteiger partial charge in [0.25, 0.3) is 0 Å². The maximum Gasteiger partial charge on any atom is 0.408 e.